The van der Waals surface area contributed by atoms with Crippen molar-refractivity contribution in [2.75, 3.05) is 6.54 Å². The molecule has 13 heavy (non-hydrogen) atoms. The van der Waals surface area contributed by atoms with Gasteiger partial charge in [-0.1, -0.05) is 19.9 Å². The van der Waals surface area contributed by atoms with E-state index in [0.29, 0.717) is 24.2 Å². The summed E-state index contributed by atoms with van der Waals surface area (Å²) in [7, 11) is 0. The minimum Gasteiger partial charge on any atom is -0.300 e. The van der Waals surface area contributed by atoms with Crippen LogP contribution in [0.5, 0.6) is 0 Å². The first-order valence-electron chi connectivity index (χ1n) is 5.21. The highest BCUT2D eigenvalue weighted by Gasteiger charge is 2.34. The number of hydrogen-bond donors (Lipinski definition) is 1. The van der Waals surface area contributed by atoms with Gasteiger partial charge in [0.1, 0.15) is 0 Å². The summed E-state index contributed by atoms with van der Waals surface area (Å²) < 4.78 is 0. The fraction of sp³-hybridized carbons (Fsp3) is 0.818. The van der Waals surface area contributed by atoms with Crippen LogP contribution < -0.4 is 5.32 Å². The van der Waals surface area contributed by atoms with Gasteiger partial charge in [-0.25, -0.2) is 0 Å². The smallest absolute Gasteiger partial charge is 0.0629 e. The van der Waals surface area contributed by atoms with E-state index in [1.807, 2.05) is 0 Å². The summed E-state index contributed by atoms with van der Waals surface area (Å²) in [5.41, 5.74) is 0. The predicted octanol–water partition coefficient (Wildman–Crippen LogP) is 1.84. The predicted molar refractivity (Wildman–Crippen MR) is 57.6 cm³/mol. The molecule has 76 valence electrons. The molecule has 1 saturated heterocycles. The Morgan fingerprint density at radius 1 is 1.38 bits per heavy atom. The van der Waals surface area contributed by atoms with Gasteiger partial charge >= 0.3 is 0 Å². The van der Waals surface area contributed by atoms with E-state index in [1.54, 1.807) is 0 Å². The molecule has 1 N–H and O–H groups in total. The van der Waals surface area contributed by atoms with Crippen LogP contribution in [0, 0.1) is 5.92 Å². The van der Waals surface area contributed by atoms with Crippen molar-refractivity contribution in [1.82, 2.24) is 10.2 Å². The van der Waals surface area contributed by atoms with E-state index >= 15 is 0 Å². The van der Waals surface area contributed by atoms with Crippen LogP contribution in [0.25, 0.3) is 0 Å². The van der Waals surface area contributed by atoms with E-state index in [9.17, 15) is 0 Å². The monoisotopic (exact) mass is 182 g/mol. The lowest BCUT2D eigenvalue weighted by Crippen LogP contribution is -2.46. The molecular formula is C11H22N2. The number of hydrogen-bond acceptors (Lipinski definition) is 2. The zero-order valence-electron chi connectivity index (χ0n) is 9.25. The number of rotatable bonds is 3. The fourth-order valence-corrected chi connectivity index (χ4v) is 2.15. The summed E-state index contributed by atoms with van der Waals surface area (Å²) in [5, 5.41) is 3.54. The Morgan fingerprint density at radius 3 is 2.38 bits per heavy atom. The van der Waals surface area contributed by atoms with Crippen LogP contribution in [0.15, 0.2) is 12.7 Å². The van der Waals surface area contributed by atoms with Crippen molar-refractivity contribution in [3.8, 4) is 0 Å². The molecule has 0 aromatic rings. The van der Waals surface area contributed by atoms with Gasteiger partial charge in [0.25, 0.3) is 0 Å². The largest absolute Gasteiger partial charge is 0.300 e. The molecule has 1 aliphatic rings. The summed E-state index contributed by atoms with van der Waals surface area (Å²) in [4.78, 5) is 2.51. The average molecular weight is 182 g/mol. The zero-order chi connectivity index (χ0) is 10.0. The average Bonchev–Trinajstić information content (AvgIpc) is 2.46. The maximum absolute atomic E-state index is 3.89. The minimum absolute atomic E-state index is 0.507. The van der Waals surface area contributed by atoms with Gasteiger partial charge in [-0.05, 0) is 19.8 Å². The molecule has 2 atom stereocenters. The Labute approximate surface area is 82.0 Å². The molecule has 0 amide bonds. The Bertz CT molecular complexity index is 175. The second-order valence-corrected chi connectivity index (χ2v) is 4.44. The van der Waals surface area contributed by atoms with E-state index in [1.165, 1.54) is 0 Å². The molecular weight excluding hydrogens is 160 g/mol. The molecule has 0 aromatic heterocycles. The van der Waals surface area contributed by atoms with Gasteiger partial charge in [-0.15, -0.1) is 6.58 Å². The van der Waals surface area contributed by atoms with Crippen LogP contribution in [0.1, 0.15) is 27.7 Å². The highest BCUT2D eigenvalue weighted by Crippen LogP contribution is 2.21. The normalized spacial score (nSPS) is 30.3. The molecule has 1 rings (SSSR count). The lowest BCUT2D eigenvalue weighted by molar-refractivity contribution is 0.130. The standard InChI is InChI=1S/C11H22N2/c1-6-10-7-12-11(8(2)3)13(10)9(4)5/h6,8-12H,1,7H2,2-5H3/t10-,11?/m0/s1. The molecule has 2 nitrogen and oxygen atoms in total. The Balaban J connectivity index is 2.72. The SMILES string of the molecule is C=C[C@H]1CNC(C(C)C)N1C(C)C. The quantitative estimate of drug-likeness (QED) is 0.670. The molecule has 0 radical (unpaired) electrons. The van der Waals surface area contributed by atoms with Crippen molar-refractivity contribution in [1.29, 1.82) is 0 Å². The van der Waals surface area contributed by atoms with Gasteiger partial charge in [0.2, 0.25) is 0 Å². The number of nitrogens with one attached hydrogen (secondary N) is 1. The van der Waals surface area contributed by atoms with E-state index in [-0.39, 0.29) is 0 Å². The molecule has 1 fully saturated rings. The summed E-state index contributed by atoms with van der Waals surface area (Å²) in [6.07, 6.45) is 2.57. The van der Waals surface area contributed by atoms with Crippen LogP contribution in [0.4, 0.5) is 0 Å². The van der Waals surface area contributed by atoms with Gasteiger partial charge in [-0.2, -0.15) is 0 Å². The number of nitrogens with zero attached hydrogens (tertiary/aromatic N) is 1. The molecule has 0 saturated carbocycles. The third-order valence-corrected chi connectivity index (χ3v) is 2.74. The molecule has 0 bridgehead atoms. The van der Waals surface area contributed by atoms with Crippen LogP contribution in [0.3, 0.4) is 0 Å². The highest BCUT2D eigenvalue weighted by molar-refractivity contribution is 4.99. The first-order chi connectivity index (χ1) is 6.07. The third kappa shape index (κ3) is 2.12. The maximum Gasteiger partial charge on any atom is 0.0629 e. The molecule has 0 aromatic carbocycles. The lowest BCUT2D eigenvalue weighted by atomic mass is 10.1. The topological polar surface area (TPSA) is 15.3 Å². The van der Waals surface area contributed by atoms with Gasteiger partial charge in [-0.3, -0.25) is 10.2 Å². The van der Waals surface area contributed by atoms with Gasteiger partial charge in [0.15, 0.2) is 0 Å². The van der Waals surface area contributed by atoms with Gasteiger partial charge in [0.05, 0.1) is 6.17 Å². The molecule has 2 heteroatoms. The molecule has 1 aliphatic heterocycles. The molecule has 0 spiro atoms. The summed E-state index contributed by atoms with van der Waals surface area (Å²) >= 11 is 0. The highest BCUT2D eigenvalue weighted by atomic mass is 15.4. The summed E-state index contributed by atoms with van der Waals surface area (Å²) in [5.74, 6) is 0.660. The fourth-order valence-electron chi connectivity index (χ4n) is 2.15. The second kappa shape index (κ2) is 4.25. The lowest BCUT2D eigenvalue weighted by Gasteiger charge is -2.33. The molecule has 1 heterocycles. The summed E-state index contributed by atoms with van der Waals surface area (Å²) in [6, 6.07) is 1.10. The Kier molecular flexibility index (Phi) is 3.51. The first-order valence-corrected chi connectivity index (χ1v) is 5.21. The van der Waals surface area contributed by atoms with Gasteiger partial charge < -0.3 is 0 Å². The van der Waals surface area contributed by atoms with Crippen LogP contribution in [0.2, 0.25) is 0 Å². The Hall–Kier alpha value is -0.340. The second-order valence-electron chi connectivity index (χ2n) is 4.44. The Morgan fingerprint density at radius 2 is 2.00 bits per heavy atom. The van der Waals surface area contributed by atoms with Crippen molar-refractivity contribution < 1.29 is 0 Å². The molecule has 0 aliphatic carbocycles. The maximum atomic E-state index is 3.89. The van der Waals surface area contributed by atoms with E-state index in [2.05, 4.69) is 50.6 Å². The summed E-state index contributed by atoms with van der Waals surface area (Å²) in [6.45, 7) is 14.0. The van der Waals surface area contributed by atoms with Crippen LogP contribution >= 0.6 is 0 Å². The van der Waals surface area contributed by atoms with E-state index in [0.717, 1.165) is 6.54 Å². The van der Waals surface area contributed by atoms with Crippen LogP contribution in [-0.2, 0) is 0 Å². The van der Waals surface area contributed by atoms with Crippen molar-refractivity contribution in [3.63, 3.8) is 0 Å². The van der Waals surface area contributed by atoms with Crippen molar-refractivity contribution in [3.05, 3.63) is 12.7 Å². The minimum atomic E-state index is 0.507. The van der Waals surface area contributed by atoms with Crippen molar-refractivity contribution >= 4 is 0 Å². The molecule has 1 unspecified atom stereocenters. The zero-order valence-corrected chi connectivity index (χ0v) is 9.25. The van der Waals surface area contributed by atoms with E-state index < -0.39 is 0 Å². The van der Waals surface area contributed by atoms with Crippen molar-refractivity contribution in [2.24, 2.45) is 5.92 Å². The first kappa shape index (κ1) is 10.7. The van der Waals surface area contributed by atoms with Gasteiger partial charge in [0, 0.05) is 18.6 Å². The van der Waals surface area contributed by atoms with E-state index in [4.69, 9.17) is 0 Å². The van der Waals surface area contributed by atoms with Crippen LogP contribution in [-0.4, -0.2) is 29.7 Å². The van der Waals surface area contributed by atoms with Crippen molar-refractivity contribution in [2.45, 2.75) is 45.9 Å². The third-order valence-electron chi connectivity index (χ3n) is 2.74.